The summed E-state index contributed by atoms with van der Waals surface area (Å²) in [5, 5.41) is 9.04. The van der Waals surface area contributed by atoms with Crippen LogP contribution in [0.15, 0.2) is 73.1 Å². The molecular formula is C27H28N2O8. The molecule has 0 fully saturated rings. The minimum atomic E-state index is -1.01. The zero-order valence-corrected chi connectivity index (χ0v) is 20.7. The maximum Gasteiger partial charge on any atom is 0.329 e. The number of nitrogens with zero attached hydrogens (tertiary/aromatic N) is 2. The van der Waals surface area contributed by atoms with Gasteiger partial charge in [0.15, 0.2) is 0 Å². The Kier molecular flexibility index (Phi) is 9.04. The summed E-state index contributed by atoms with van der Waals surface area (Å²) in [6.45, 7) is 0. The van der Waals surface area contributed by atoms with Gasteiger partial charge in [0.1, 0.15) is 23.6 Å². The number of carbonyl (C=O) groups excluding carboxylic acids is 3. The molecule has 2 aliphatic heterocycles. The third kappa shape index (κ3) is 5.97. The summed E-state index contributed by atoms with van der Waals surface area (Å²) < 4.78 is 15.0. The Labute approximate surface area is 214 Å². The molecule has 0 radical (unpaired) electrons. The molecule has 10 heteroatoms. The highest BCUT2D eigenvalue weighted by molar-refractivity contribution is 6.00. The van der Waals surface area contributed by atoms with Crippen LogP contribution in [0.4, 0.5) is 0 Å². The van der Waals surface area contributed by atoms with Gasteiger partial charge in [0, 0.05) is 12.4 Å². The van der Waals surface area contributed by atoms with Crippen molar-refractivity contribution in [2.45, 2.75) is 24.9 Å². The maximum atomic E-state index is 12.4. The smallest absolute Gasteiger partial charge is 0.329 e. The first kappa shape index (κ1) is 27.0. The Bertz CT molecular complexity index is 1220. The standard InChI is InChI=1S/C14H15NO4.C13H13NO4/c1-18-12-8-4-3-6-10(12)13(16)15-9-5-7-11(15)14(17)19-2;1-18-11-7-3-2-5-9(11)12(15)14-8-4-6-10(14)13(16)17/h3-6,8-9,11H,7H2,1-2H3;2-5,7-8,10H,6H2,1H3,(H,16,17)/t11-;10-/m00/s1. The van der Waals surface area contributed by atoms with E-state index in [0.717, 1.165) is 0 Å². The van der Waals surface area contributed by atoms with Gasteiger partial charge in [-0.05, 0) is 37.1 Å². The molecule has 2 atom stereocenters. The first-order chi connectivity index (χ1) is 17.8. The second kappa shape index (κ2) is 12.4. The number of ether oxygens (including phenoxy) is 3. The molecule has 2 aromatic carbocycles. The van der Waals surface area contributed by atoms with Crippen LogP contribution in [0.3, 0.4) is 0 Å². The highest BCUT2D eigenvalue weighted by Crippen LogP contribution is 2.25. The zero-order chi connectivity index (χ0) is 26.9. The first-order valence-electron chi connectivity index (χ1n) is 11.4. The molecule has 2 heterocycles. The van der Waals surface area contributed by atoms with Gasteiger partial charge in [-0.15, -0.1) is 0 Å². The van der Waals surface area contributed by atoms with E-state index in [0.29, 0.717) is 35.5 Å². The van der Waals surface area contributed by atoms with Gasteiger partial charge in [-0.1, -0.05) is 36.4 Å². The summed E-state index contributed by atoms with van der Waals surface area (Å²) in [7, 11) is 4.29. The minimum Gasteiger partial charge on any atom is -0.496 e. The van der Waals surface area contributed by atoms with Crippen LogP contribution in [-0.2, 0) is 14.3 Å². The van der Waals surface area contributed by atoms with E-state index in [1.165, 1.54) is 37.3 Å². The van der Waals surface area contributed by atoms with E-state index < -0.39 is 24.0 Å². The van der Waals surface area contributed by atoms with Crippen molar-refractivity contribution in [1.29, 1.82) is 0 Å². The minimum absolute atomic E-state index is 0.276. The number of esters is 1. The molecule has 2 amide bonds. The predicted octanol–water partition coefficient (Wildman–Crippen LogP) is 3.10. The van der Waals surface area contributed by atoms with Gasteiger partial charge in [0.2, 0.25) is 0 Å². The zero-order valence-electron chi connectivity index (χ0n) is 20.7. The lowest BCUT2D eigenvalue weighted by atomic mass is 10.1. The molecule has 10 nitrogen and oxygen atoms in total. The molecule has 1 N–H and O–H groups in total. The monoisotopic (exact) mass is 508 g/mol. The summed E-state index contributed by atoms with van der Waals surface area (Å²) in [4.78, 5) is 50.0. The van der Waals surface area contributed by atoms with Crippen molar-refractivity contribution >= 4 is 23.8 Å². The van der Waals surface area contributed by atoms with Crippen LogP contribution in [0, 0.1) is 0 Å². The first-order valence-corrected chi connectivity index (χ1v) is 11.4. The fraction of sp³-hybridized carbons (Fsp3) is 0.259. The fourth-order valence-electron chi connectivity index (χ4n) is 3.95. The van der Waals surface area contributed by atoms with E-state index >= 15 is 0 Å². The Balaban J connectivity index is 0.000000206. The summed E-state index contributed by atoms with van der Waals surface area (Å²) in [5.74, 6) is -1.16. The van der Waals surface area contributed by atoms with Crippen molar-refractivity contribution in [3.63, 3.8) is 0 Å². The van der Waals surface area contributed by atoms with Gasteiger partial charge in [-0.3, -0.25) is 9.59 Å². The number of para-hydroxylation sites is 2. The molecule has 37 heavy (non-hydrogen) atoms. The van der Waals surface area contributed by atoms with E-state index in [1.807, 2.05) is 0 Å². The summed E-state index contributed by atoms with van der Waals surface area (Å²) in [5.41, 5.74) is 0.781. The number of carbonyl (C=O) groups is 4. The van der Waals surface area contributed by atoms with Gasteiger partial charge in [-0.2, -0.15) is 0 Å². The summed E-state index contributed by atoms with van der Waals surface area (Å²) in [6.07, 6.45) is 7.36. The third-order valence-corrected chi connectivity index (χ3v) is 5.82. The normalized spacial score (nSPS) is 17.6. The van der Waals surface area contributed by atoms with E-state index in [-0.39, 0.29) is 11.8 Å². The topological polar surface area (TPSA) is 123 Å². The van der Waals surface area contributed by atoms with Gasteiger partial charge in [0.05, 0.1) is 32.5 Å². The lowest BCUT2D eigenvalue weighted by Crippen LogP contribution is -2.39. The average molecular weight is 509 g/mol. The lowest BCUT2D eigenvalue weighted by molar-refractivity contribution is -0.144. The molecule has 194 valence electrons. The van der Waals surface area contributed by atoms with Gasteiger partial charge < -0.3 is 29.1 Å². The molecule has 2 aliphatic rings. The molecule has 0 saturated heterocycles. The van der Waals surface area contributed by atoms with Gasteiger partial charge >= 0.3 is 11.9 Å². The van der Waals surface area contributed by atoms with Crippen molar-refractivity contribution in [2.75, 3.05) is 21.3 Å². The molecule has 0 bridgehead atoms. The van der Waals surface area contributed by atoms with E-state index in [9.17, 15) is 19.2 Å². The van der Waals surface area contributed by atoms with Crippen molar-refractivity contribution in [2.24, 2.45) is 0 Å². The summed E-state index contributed by atoms with van der Waals surface area (Å²) >= 11 is 0. The second-order valence-electron chi connectivity index (χ2n) is 7.96. The number of hydrogen-bond acceptors (Lipinski definition) is 7. The predicted molar refractivity (Wildman–Crippen MR) is 133 cm³/mol. The Morgan fingerprint density at radius 1 is 0.730 bits per heavy atom. The fourth-order valence-corrected chi connectivity index (χ4v) is 3.95. The summed E-state index contributed by atoms with van der Waals surface area (Å²) in [6, 6.07) is 12.2. The maximum absolute atomic E-state index is 12.4. The number of carboxylic acids is 1. The number of aliphatic carboxylic acids is 1. The number of amides is 2. The molecule has 4 rings (SSSR count). The van der Waals surface area contributed by atoms with E-state index in [1.54, 1.807) is 66.9 Å². The van der Waals surface area contributed by atoms with Crippen molar-refractivity contribution in [3.05, 3.63) is 84.2 Å². The molecular weight excluding hydrogens is 480 g/mol. The molecule has 0 spiro atoms. The van der Waals surface area contributed by atoms with E-state index in [2.05, 4.69) is 0 Å². The van der Waals surface area contributed by atoms with E-state index in [4.69, 9.17) is 19.3 Å². The lowest BCUT2D eigenvalue weighted by Gasteiger charge is -2.22. The largest absolute Gasteiger partial charge is 0.496 e. The number of methoxy groups -OCH3 is 3. The van der Waals surface area contributed by atoms with Crippen molar-refractivity contribution < 1.29 is 38.5 Å². The van der Waals surface area contributed by atoms with Crippen LogP contribution in [-0.4, -0.2) is 72.1 Å². The number of benzene rings is 2. The molecule has 2 aromatic rings. The second-order valence-corrected chi connectivity index (χ2v) is 7.96. The van der Waals surface area contributed by atoms with Crippen LogP contribution in [0.1, 0.15) is 33.6 Å². The van der Waals surface area contributed by atoms with Crippen LogP contribution in [0.5, 0.6) is 11.5 Å². The van der Waals surface area contributed by atoms with Crippen LogP contribution < -0.4 is 9.47 Å². The quantitative estimate of drug-likeness (QED) is 0.591. The molecule has 0 unspecified atom stereocenters. The Morgan fingerprint density at radius 3 is 1.59 bits per heavy atom. The third-order valence-electron chi connectivity index (χ3n) is 5.82. The highest BCUT2D eigenvalue weighted by atomic mass is 16.5. The van der Waals surface area contributed by atoms with Crippen LogP contribution in [0.25, 0.3) is 0 Å². The Hall–Kier alpha value is -4.60. The van der Waals surface area contributed by atoms with Crippen LogP contribution in [0.2, 0.25) is 0 Å². The average Bonchev–Trinajstić information content (AvgIpc) is 3.62. The SMILES string of the molecule is COC(=O)[C@@H]1CC=CN1C(=O)c1ccccc1OC.COc1ccccc1C(=O)N1C=CC[C@H]1C(=O)O. The van der Waals surface area contributed by atoms with Crippen molar-refractivity contribution in [3.8, 4) is 11.5 Å². The number of carboxylic acid groups (broad SMARTS) is 1. The highest BCUT2D eigenvalue weighted by Gasteiger charge is 2.34. The van der Waals surface area contributed by atoms with Crippen molar-refractivity contribution in [1.82, 2.24) is 9.80 Å². The number of hydrogen-bond donors (Lipinski definition) is 1. The molecule has 0 aliphatic carbocycles. The molecule has 0 aromatic heterocycles. The van der Waals surface area contributed by atoms with Gasteiger partial charge in [-0.25, -0.2) is 9.59 Å². The van der Waals surface area contributed by atoms with Crippen LogP contribution >= 0.6 is 0 Å². The van der Waals surface area contributed by atoms with Gasteiger partial charge in [0.25, 0.3) is 11.8 Å². The number of rotatable bonds is 6. The Morgan fingerprint density at radius 2 is 1.16 bits per heavy atom. The molecule has 0 saturated carbocycles.